The number of Topliss-reactive ketones (excluding diaryl/α,β-unsaturated/α-hetero) is 1. The summed E-state index contributed by atoms with van der Waals surface area (Å²) >= 11 is 0. The standard InChI is InChI=1S/C23H27N2O2Si/c1-15(26)19-20(16-11-8-7-9-12-16)24-25-21(19)17-13-10-14-18(23(2,3)4)22(17)27-28(5)6/h7-14H,1-6H3,(H,24,25). The lowest BCUT2D eigenvalue weighted by Crippen LogP contribution is -2.19. The molecule has 3 rings (SSSR count). The largest absolute Gasteiger partial charge is 0.542 e. The Hall–Kier alpha value is -2.66. The maximum atomic E-state index is 12.6. The smallest absolute Gasteiger partial charge is 0.274 e. The zero-order valence-electron chi connectivity index (χ0n) is 17.4. The van der Waals surface area contributed by atoms with E-state index < -0.39 is 9.04 Å². The zero-order chi connectivity index (χ0) is 20.5. The van der Waals surface area contributed by atoms with Crippen LogP contribution in [0.5, 0.6) is 5.75 Å². The maximum Gasteiger partial charge on any atom is 0.274 e. The Morgan fingerprint density at radius 1 is 1.04 bits per heavy atom. The van der Waals surface area contributed by atoms with E-state index in [9.17, 15) is 4.79 Å². The van der Waals surface area contributed by atoms with Crippen LogP contribution in [0, 0.1) is 0 Å². The highest BCUT2D eigenvalue weighted by molar-refractivity contribution is 6.49. The van der Waals surface area contributed by atoms with E-state index in [4.69, 9.17) is 4.43 Å². The molecule has 145 valence electrons. The first kappa shape index (κ1) is 20.1. The van der Waals surface area contributed by atoms with Gasteiger partial charge in [-0.2, -0.15) is 5.10 Å². The molecule has 0 unspecified atom stereocenters. The lowest BCUT2D eigenvalue weighted by Gasteiger charge is -2.26. The van der Waals surface area contributed by atoms with Crippen LogP contribution in [-0.2, 0) is 5.41 Å². The van der Waals surface area contributed by atoms with Crippen molar-refractivity contribution in [1.82, 2.24) is 10.2 Å². The number of rotatable bonds is 5. The third-order valence-electron chi connectivity index (χ3n) is 4.56. The summed E-state index contributed by atoms with van der Waals surface area (Å²) in [6.07, 6.45) is 0. The fraction of sp³-hybridized carbons (Fsp3) is 0.304. The van der Waals surface area contributed by atoms with Crippen molar-refractivity contribution in [2.75, 3.05) is 0 Å². The van der Waals surface area contributed by atoms with E-state index in [1.165, 1.54) is 0 Å². The van der Waals surface area contributed by atoms with Gasteiger partial charge in [0.25, 0.3) is 9.04 Å². The molecule has 3 aromatic rings. The highest BCUT2D eigenvalue weighted by Gasteiger charge is 2.27. The van der Waals surface area contributed by atoms with Crippen LogP contribution < -0.4 is 4.43 Å². The van der Waals surface area contributed by atoms with Crippen molar-refractivity contribution < 1.29 is 9.22 Å². The van der Waals surface area contributed by atoms with Gasteiger partial charge in [0, 0.05) is 11.1 Å². The summed E-state index contributed by atoms with van der Waals surface area (Å²) in [4.78, 5) is 12.6. The number of carbonyl (C=O) groups is 1. The van der Waals surface area contributed by atoms with Gasteiger partial charge in [-0.05, 0) is 37.1 Å². The molecule has 2 aromatic carbocycles. The van der Waals surface area contributed by atoms with Gasteiger partial charge in [0.15, 0.2) is 5.78 Å². The Kier molecular flexibility index (Phi) is 5.56. The summed E-state index contributed by atoms with van der Waals surface area (Å²) < 4.78 is 6.35. The molecule has 5 heteroatoms. The monoisotopic (exact) mass is 391 g/mol. The molecule has 0 aliphatic carbocycles. The summed E-state index contributed by atoms with van der Waals surface area (Å²) in [6.45, 7) is 12.3. The number of aromatic nitrogens is 2. The number of nitrogens with one attached hydrogen (secondary N) is 1. The topological polar surface area (TPSA) is 55.0 Å². The van der Waals surface area contributed by atoms with Gasteiger partial charge in [0.1, 0.15) is 11.4 Å². The van der Waals surface area contributed by atoms with Crippen LogP contribution in [-0.4, -0.2) is 25.0 Å². The molecule has 1 heterocycles. The number of benzene rings is 2. The minimum atomic E-state index is -0.994. The number of nitrogens with zero attached hydrogens (tertiary/aromatic N) is 1. The summed E-state index contributed by atoms with van der Waals surface area (Å²) in [7, 11) is -0.994. The van der Waals surface area contributed by atoms with Crippen molar-refractivity contribution in [3.05, 3.63) is 59.7 Å². The molecular weight excluding hydrogens is 364 g/mol. The zero-order valence-corrected chi connectivity index (χ0v) is 18.4. The number of hydrogen-bond acceptors (Lipinski definition) is 3. The first-order chi connectivity index (χ1) is 13.2. The van der Waals surface area contributed by atoms with E-state index in [1.54, 1.807) is 6.92 Å². The first-order valence-corrected chi connectivity index (χ1v) is 11.9. The van der Waals surface area contributed by atoms with Crippen molar-refractivity contribution in [2.45, 2.75) is 46.2 Å². The van der Waals surface area contributed by atoms with E-state index in [0.717, 1.165) is 28.1 Å². The second-order valence-electron chi connectivity index (χ2n) is 8.19. The van der Waals surface area contributed by atoms with Gasteiger partial charge >= 0.3 is 0 Å². The van der Waals surface area contributed by atoms with E-state index in [2.05, 4.69) is 50.1 Å². The number of para-hydroxylation sites is 1. The van der Waals surface area contributed by atoms with Crippen LogP contribution in [0.2, 0.25) is 13.1 Å². The van der Waals surface area contributed by atoms with Crippen LogP contribution >= 0.6 is 0 Å². The van der Waals surface area contributed by atoms with Crippen LogP contribution in [0.15, 0.2) is 48.5 Å². The molecule has 0 saturated carbocycles. The van der Waals surface area contributed by atoms with E-state index in [0.29, 0.717) is 11.3 Å². The molecule has 0 spiro atoms. The highest BCUT2D eigenvalue weighted by atomic mass is 28.3. The van der Waals surface area contributed by atoms with Crippen molar-refractivity contribution >= 4 is 14.8 Å². The molecule has 0 aliphatic rings. The van der Waals surface area contributed by atoms with Crippen LogP contribution in [0.25, 0.3) is 22.5 Å². The molecule has 4 nitrogen and oxygen atoms in total. The Bertz CT molecular complexity index is 986. The minimum Gasteiger partial charge on any atom is -0.542 e. The second kappa shape index (κ2) is 7.76. The fourth-order valence-corrected chi connectivity index (χ4v) is 3.95. The number of H-pyrrole nitrogens is 1. The number of hydrogen-bond donors (Lipinski definition) is 1. The number of aromatic amines is 1. The first-order valence-electron chi connectivity index (χ1n) is 9.46. The van der Waals surface area contributed by atoms with Crippen molar-refractivity contribution in [1.29, 1.82) is 0 Å². The molecule has 0 fully saturated rings. The molecule has 0 aliphatic heterocycles. The average molecular weight is 392 g/mol. The third kappa shape index (κ3) is 3.94. The van der Waals surface area contributed by atoms with E-state index >= 15 is 0 Å². The summed E-state index contributed by atoms with van der Waals surface area (Å²) in [5.74, 6) is 0.827. The van der Waals surface area contributed by atoms with Gasteiger partial charge in [0.2, 0.25) is 0 Å². The molecule has 28 heavy (non-hydrogen) atoms. The maximum absolute atomic E-state index is 12.6. The van der Waals surface area contributed by atoms with E-state index in [-0.39, 0.29) is 11.2 Å². The molecule has 0 bridgehead atoms. The van der Waals surface area contributed by atoms with Crippen molar-refractivity contribution in [2.24, 2.45) is 0 Å². The van der Waals surface area contributed by atoms with E-state index in [1.807, 2.05) is 42.5 Å². The predicted molar refractivity (Wildman–Crippen MR) is 116 cm³/mol. The molecule has 1 radical (unpaired) electrons. The van der Waals surface area contributed by atoms with Crippen molar-refractivity contribution in [3.63, 3.8) is 0 Å². The van der Waals surface area contributed by atoms with Crippen molar-refractivity contribution in [3.8, 4) is 28.3 Å². The van der Waals surface area contributed by atoms with Crippen LogP contribution in [0.4, 0.5) is 0 Å². The number of carbonyl (C=O) groups excluding carboxylic acids is 1. The lowest BCUT2D eigenvalue weighted by atomic mass is 9.84. The SMILES string of the molecule is CC(=O)c1c(-c2ccccc2)n[nH]c1-c1cccc(C(C)(C)C)c1O[Si](C)C. The van der Waals surface area contributed by atoms with Gasteiger partial charge in [0.05, 0.1) is 11.3 Å². The molecule has 1 N–H and O–H groups in total. The molecular formula is C23H27N2O2Si. The van der Waals surface area contributed by atoms with Crippen LogP contribution in [0.1, 0.15) is 43.6 Å². The van der Waals surface area contributed by atoms with Gasteiger partial charge in [-0.15, -0.1) is 0 Å². The lowest BCUT2D eigenvalue weighted by molar-refractivity contribution is 0.101. The Balaban J connectivity index is 2.27. The average Bonchev–Trinajstić information content (AvgIpc) is 3.06. The van der Waals surface area contributed by atoms with Gasteiger partial charge in [-0.3, -0.25) is 9.89 Å². The third-order valence-corrected chi connectivity index (χ3v) is 5.18. The second-order valence-corrected chi connectivity index (χ2v) is 10.2. The number of ketones is 1. The molecule has 0 amide bonds. The molecule has 0 atom stereocenters. The minimum absolute atomic E-state index is 0.0201. The highest BCUT2D eigenvalue weighted by Crippen LogP contribution is 2.41. The van der Waals surface area contributed by atoms with Gasteiger partial charge in [-0.1, -0.05) is 63.2 Å². The van der Waals surface area contributed by atoms with Gasteiger partial charge in [-0.25, -0.2) is 0 Å². The summed E-state index contributed by atoms with van der Waals surface area (Å²) in [6, 6.07) is 15.9. The van der Waals surface area contributed by atoms with Crippen LogP contribution in [0.3, 0.4) is 0 Å². The normalized spacial score (nSPS) is 11.7. The summed E-state index contributed by atoms with van der Waals surface area (Å²) in [5.41, 5.74) is 4.84. The quantitative estimate of drug-likeness (QED) is 0.437. The summed E-state index contributed by atoms with van der Waals surface area (Å²) in [5, 5.41) is 7.63. The fourth-order valence-electron chi connectivity index (χ4n) is 3.32. The Morgan fingerprint density at radius 2 is 1.71 bits per heavy atom. The predicted octanol–water partition coefficient (Wildman–Crippen LogP) is 5.87. The molecule has 1 aromatic heterocycles. The van der Waals surface area contributed by atoms with Gasteiger partial charge < -0.3 is 4.43 Å². The Morgan fingerprint density at radius 3 is 2.29 bits per heavy atom. The molecule has 0 saturated heterocycles. The Labute approximate surface area is 168 Å².